The Bertz CT molecular complexity index is 966. The van der Waals surface area contributed by atoms with E-state index < -0.39 is 0 Å². The van der Waals surface area contributed by atoms with Gasteiger partial charge in [-0.2, -0.15) is 0 Å². The van der Waals surface area contributed by atoms with E-state index in [1.165, 1.54) is 22.3 Å². The first-order chi connectivity index (χ1) is 14.7. The molecule has 0 spiro atoms. The number of nitrogens with one attached hydrogen (secondary N) is 1. The van der Waals surface area contributed by atoms with E-state index in [4.69, 9.17) is 0 Å². The lowest BCUT2D eigenvalue weighted by Crippen LogP contribution is -2.33. The molecule has 3 heteroatoms. The summed E-state index contributed by atoms with van der Waals surface area (Å²) in [7, 11) is 0. The van der Waals surface area contributed by atoms with Crippen LogP contribution in [0.5, 0.6) is 0 Å². The average molecular weight is 399 g/mol. The van der Waals surface area contributed by atoms with Gasteiger partial charge >= 0.3 is 0 Å². The van der Waals surface area contributed by atoms with Crippen LogP contribution >= 0.6 is 0 Å². The second-order valence-corrected chi connectivity index (χ2v) is 8.33. The molecule has 1 N–H and O–H groups in total. The summed E-state index contributed by atoms with van der Waals surface area (Å²) in [6.45, 7) is 5.07. The van der Waals surface area contributed by atoms with Gasteiger partial charge in [-0.05, 0) is 60.6 Å². The van der Waals surface area contributed by atoms with Crippen molar-refractivity contribution in [2.45, 2.75) is 45.3 Å². The minimum Gasteiger partial charge on any atom is -0.350 e. The molecular weight excluding hydrogens is 368 g/mol. The molecule has 1 atom stereocenters. The molecule has 1 aliphatic rings. The fourth-order valence-electron chi connectivity index (χ4n) is 4.12. The molecule has 0 aromatic heterocycles. The van der Waals surface area contributed by atoms with Crippen molar-refractivity contribution >= 4 is 5.91 Å². The Hall–Kier alpha value is -2.91. The number of aryl methyl sites for hydroxylation is 1. The first-order valence-corrected chi connectivity index (χ1v) is 10.9. The van der Waals surface area contributed by atoms with Crippen LogP contribution < -0.4 is 5.32 Å². The number of carbonyl (C=O) groups is 1. The molecule has 154 valence electrons. The normalized spacial score (nSPS) is 14.7. The molecule has 1 aliphatic heterocycles. The molecule has 0 fully saturated rings. The summed E-state index contributed by atoms with van der Waals surface area (Å²) < 4.78 is 0. The van der Waals surface area contributed by atoms with Crippen molar-refractivity contribution in [2.75, 3.05) is 6.54 Å². The smallest absolute Gasteiger partial charge is 0.251 e. The van der Waals surface area contributed by atoms with E-state index in [0.29, 0.717) is 0 Å². The summed E-state index contributed by atoms with van der Waals surface area (Å²) >= 11 is 0. The highest BCUT2D eigenvalue weighted by Crippen LogP contribution is 2.20. The quantitative estimate of drug-likeness (QED) is 0.608. The van der Waals surface area contributed by atoms with Crippen molar-refractivity contribution in [1.29, 1.82) is 0 Å². The molecule has 1 amide bonds. The molecule has 1 heterocycles. The summed E-state index contributed by atoms with van der Waals surface area (Å²) in [6, 6.07) is 27.3. The number of benzene rings is 3. The number of rotatable bonds is 7. The minimum atomic E-state index is 0.00834. The highest BCUT2D eigenvalue weighted by molar-refractivity contribution is 5.94. The molecule has 30 heavy (non-hydrogen) atoms. The number of nitrogens with zero attached hydrogens (tertiary/aromatic N) is 1. The van der Waals surface area contributed by atoms with Gasteiger partial charge in [-0.3, -0.25) is 9.69 Å². The molecule has 3 nitrogen and oxygen atoms in total. The van der Waals surface area contributed by atoms with Crippen LogP contribution in [0.25, 0.3) is 0 Å². The van der Waals surface area contributed by atoms with Crippen molar-refractivity contribution in [3.05, 3.63) is 107 Å². The van der Waals surface area contributed by atoms with Gasteiger partial charge < -0.3 is 5.32 Å². The van der Waals surface area contributed by atoms with E-state index in [9.17, 15) is 4.79 Å². The third kappa shape index (κ3) is 5.37. The van der Waals surface area contributed by atoms with Crippen molar-refractivity contribution in [3.63, 3.8) is 0 Å². The van der Waals surface area contributed by atoms with Crippen molar-refractivity contribution < 1.29 is 4.79 Å². The molecular formula is C27H30N2O. The number of hydrogen-bond acceptors (Lipinski definition) is 2. The number of hydrogen-bond donors (Lipinski definition) is 1. The Morgan fingerprint density at radius 1 is 0.900 bits per heavy atom. The second kappa shape index (κ2) is 9.73. The van der Waals surface area contributed by atoms with Crippen LogP contribution in [0, 0.1) is 0 Å². The van der Waals surface area contributed by atoms with Crippen LogP contribution in [0.4, 0.5) is 0 Å². The standard InChI is InChI=1S/C27H30N2O/c1-21(11-12-22-7-3-2-4-8-22)28-27(30)25-15-13-23(14-16-25)19-29-18-17-24-9-5-6-10-26(24)20-29/h2-10,13-16,21H,11-12,17-20H2,1H3,(H,28,30)/t21-/m0/s1. The number of carbonyl (C=O) groups excluding carboxylic acids is 1. The van der Waals surface area contributed by atoms with Gasteiger partial charge in [0.2, 0.25) is 0 Å². The molecule has 0 bridgehead atoms. The predicted octanol–water partition coefficient (Wildman–Crippen LogP) is 5.00. The van der Waals surface area contributed by atoms with E-state index >= 15 is 0 Å². The minimum absolute atomic E-state index is 0.00834. The van der Waals surface area contributed by atoms with E-state index in [2.05, 4.69) is 77.8 Å². The molecule has 0 unspecified atom stereocenters. The van der Waals surface area contributed by atoms with E-state index in [1.807, 2.05) is 18.2 Å². The Morgan fingerprint density at radius 3 is 2.37 bits per heavy atom. The Kier molecular flexibility index (Phi) is 6.60. The molecule has 3 aromatic carbocycles. The van der Waals surface area contributed by atoms with Gasteiger partial charge in [0.1, 0.15) is 0 Å². The van der Waals surface area contributed by atoms with Gasteiger partial charge in [-0.15, -0.1) is 0 Å². The molecule has 0 saturated heterocycles. The SMILES string of the molecule is C[C@@H](CCc1ccccc1)NC(=O)c1ccc(CN2CCc3ccccc3C2)cc1. The average Bonchev–Trinajstić information content (AvgIpc) is 2.79. The van der Waals surface area contributed by atoms with Gasteiger partial charge in [0, 0.05) is 31.2 Å². The predicted molar refractivity (Wildman–Crippen MR) is 122 cm³/mol. The van der Waals surface area contributed by atoms with Crippen LogP contribution in [0.1, 0.15) is 46.0 Å². The maximum absolute atomic E-state index is 12.6. The molecule has 4 rings (SSSR count). The van der Waals surface area contributed by atoms with Gasteiger partial charge in [0.15, 0.2) is 0 Å². The third-order valence-corrected chi connectivity index (χ3v) is 5.92. The monoisotopic (exact) mass is 398 g/mol. The highest BCUT2D eigenvalue weighted by atomic mass is 16.1. The molecule has 0 aliphatic carbocycles. The first-order valence-electron chi connectivity index (χ1n) is 10.9. The van der Waals surface area contributed by atoms with Gasteiger partial charge in [-0.1, -0.05) is 66.7 Å². The summed E-state index contributed by atoms with van der Waals surface area (Å²) in [6.07, 6.45) is 3.02. The van der Waals surface area contributed by atoms with Crippen molar-refractivity contribution in [2.24, 2.45) is 0 Å². The van der Waals surface area contributed by atoms with Crippen molar-refractivity contribution in [1.82, 2.24) is 10.2 Å². The van der Waals surface area contributed by atoms with Crippen LogP contribution in [-0.4, -0.2) is 23.4 Å². The van der Waals surface area contributed by atoms with Crippen LogP contribution in [0.3, 0.4) is 0 Å². The largest absolute Gasteiger partial charge is 0.350 e. The lowest BCUT2D eigenvalue weighted by atomic mass is 9.99. The van der Waals surface area contributed by atoms with Gasteiger partial charge in [0.05, 0.1) is 0 Å². The molecule has 3 aromatic rings. The first kappa shape index (κ1) is 20.4. The lowest BCUT2D eigenvalue weighted by molar-refractivity contribution is 0.0938. The lowest BCUT2D eigenvalue weighted by Gasteiger charge is -2.28. The van der Waals surface area contributed by atoms with E-state index in [-0.39, 0.29) is 11.9 Å². The zero-order valence-electron chi connectivity index (χ0n) is 17.7. The summed E-state index contributed by atoms with van der Waals surface area (Å²) in [5.41, 5.74) is 6.20. The van der Waals surface area contributed by atoms with E-state index in [1.54, 1.807) is 0 Å². The van der Waals surface area contributed by atoms with E-state index in [0.717, 1.165) is 44.5 Å². The van der Waals surface area contributed by atoms with Crippen LogP contribution in [0.15, 0.2) is 78.9 Å². The second-order valence-electron chi connectivity index (χ2n) is 8.33. The third-order valence-electron chi connectivity index (χ3n) is 5.92. The van der Waals surface area contributed by atoms with Crippen molar-refractivity contribution in [3.8, 4) is 0 Å². The summed E-state index contributed by atoms with van der Waals surface area (Å²) in [5, 5.41) is 3.13. The number of amides is 1. The summed E-state index contributed by atoms with van der Waals surface area (Å²) in [4.78, 5) is 15.1. The molecule has 0 saturated carbocycles. The fourth-order valence-corrected chi connectivity index (χ4v) is 4.12. The fraction of sp³-hybridized carbons (Fsp3) is 0.296. The van der Waals surface area contributed by atoms with Crippen LogP contribution in [0.2, 0.25) is 0 Å². The van der Waals surface area contributed by atoms with Crippen LogP contribution in [-0.2, 0) is 25.9 Å². The Labute approximate surface area is 179 Å². The number of fused-ring (bicyclic) bond motifs is 1. The molecule has 0 radical (unpaired) electrons. The zero-order chi connectivity index (χ0) is 20.8. The maximum Gasteiger partial charge on any atom is 0.251 e. The maximum atomic E-state index is 12.6. The highest BCUT2D eigenvalue weighted by Gasteiger charge is 2.16. The zero-order valence-corrected chi connectivity index (χ0v) is 17.7. The van der Waals surface area contributed by atoms with Gasteiger partial charge in [0.25, 0.3) is 5.91 Å². The Balaban J connectivity index is 1.27. The summed E-state index contributed by atoms with van der Waals surface area (Å²) in [5.74, 6) is 0.00834. The van der Waals surface area contributed by atoms with Gasteiger partial charge in [-0.25, -0.2) is 0 Å². The Morgan fingerprint density at radius 2 is 1.60 bits per heavy atom. The topological polar surface area (TPSA) is 32.3 Å².